The smallest absolute Gasteiger partial charge is 0.259 e. The van der Waals surface area contributed by atoms with Crippen molar-refractivity contribution in [1.29, 1.82) is 0 Å². The molecule has 0 aromatic heterocycles. The number of β-amino-alcohol motifs (C(OH)–C–C–N with tert-alkyl or cyclic N) is 1. The third-order valence-electron chi connectivity index (χ3n) is 3.74. The maximum atomic E-state index is 11.3. The molecule has 100 valence electrons. The van der Waals surface area contributed by atoms with Gasteiger partial charge in [0.1, 0.15) is 0 Å². The Kier molecular flexibility index (Phi) is 3.07. The van der Waals surface area contributed by atoms with Gasteiger partial charge in [0.2, 0.25) is 5.54 Å². The third-order valence-corrected chi connectivity index (χ3v) is 3.74. The van der Waals surface area contributed by atoms with Crippen molar-refractivity contribution in [2.45, 2.75) is 23.9 Å². The van der Waals surface area contributed by atoms with Crippen molar-refractivity contribution in [2.75, 3.05) is 26.2 Å². The zero-order valence-electron chi connectivity index (χ0n) is 9.82. The van der Waals surface area contributed by atoms with Crippen LogP contribution in [0.4, 0.5) is 0 Å². The SMILES string of the molecule is O=[N+]([O-])[C@]12C=CC[C@@]([N+](=O)[O-])(CN(CCO)C1)C2. The Bertz CT molecular complexity index is 412. The molecule has 0 saturated carbocycles. The van der Waals surface area contributed by atoms with E-state index in [-0.39, 0.29) is 39.1 Å². The zero-order valence-corrected chi connectivity index (χ0v) is 9.82. The summed E-state index contributed by atoms with van der Waals surface area (Å²) in [6.45, 7) is 0.331. The molecule has 0 radical (unpaired) electrons. The van der Waals surface area contributed by atoms with Crippen LogP contribution in [0.3, 0.4) is 0 Å². The second-order valence-electron chi connectivity index (χ2n) is 5.06. The number of likely N-dealkylation sites (tertiary alicyclic amines) is 1. The molecule has 1 aliphatic heterocycles. The Morgan fingerprint density at radius 1 is 1.28 bits per heavy atom. The quantitative estimate of drug-likeness (QED) is 0.419. The highest BCUT2D eigenvalue weighted by atomic mass is 16.6. The molecular formula is C10H15N3O5. The molecule has 2 bridgehead atoms. The van der Waals surface area contributed by atoms with Gasteiger partial charge >= 0.3 is 0 Å². The van der Waals surface area contributed by atoms with Crippen molar-refractivity contribution in [1.82, 2.24) is 4.90 Å². The minimum Gasteiger partial charge on any atom is -0.395 e. The van der Waals surface area contributed by atoms with E-state index in [0.29, 0.717) is 0 Å². The normalized spacial score (nSPS) is 35.4. The standard InChI is InChI=1S/C10H15N3O5/c14-5-4-11-7-9(12(15)16)2-1-3-10(6-9,8-11)13(17)18/h1-2,14H,3-8H2/t9-,10-/m0/s1. The Hall–Kier alpha value is -1.54. The lowest BCUT2D eigenvalue weighted by Gasteiger charge is -2.43. The molecule has 8 heteroatoms. The summed E-state index contributed by atoms with van der Waals surface area (Å²) in [6.07, 6.45) is 3.15. The van der Waals surface area contributed by atoms with E-state index < -0.39 is 20.9 Å². The van der Waals surface area contributed by atoms with E-state index in [4.69, 9.17) is 5.11 Å². The van der Waals surface area contributed by atoms with Crippen LogP contribution in [0.2, 0.25) is 0 Å². The summed E-state index contributed by atoms with van der Waals surface area (Å²) in [5.41, 5.74) is -2.69. The number of aliphatic hydroxyl groups is 1. The van der Waals surface area contributed by atoms with Gasteiger partial charge in [-0.05, 0) is 6.08 Å². The second kappa shape index (κ2) is 4.29. The fourth-order valence-corrected chi connectivity index (χ4v) is 2.97. The summed E-state index contributed by atoms with van der Waals surface area (Å²) in [4.78, 5) is 23.3. The molecule has 2 aliphatic rings. The number of rotatable bonds is 4. The Labute approximate surface area is 103 Å². The number of nitro groups is 2. The van der Waals surface area contributed by atoms with Crippen LogP contribution in [0.15, 0.2) is 12.2 Å². The highest BCUT2D eigenvalue weighted by Gasteiger charge is 2.62. The molecule has 1 N–H and O–H groups in total. The van der Waals surface area contributed by atoms with E-state index >= 15 is 0 Å². The maximum Gasteiger partial charge on any atom is 0.259 e. The number of piperidine rings is 1. The monoisotopic (exact) mass is 257 g/mol. The number of hydrogen-bond donors (Lipinski definition) is 1. The van der Waals surface area contributed by atoms with E-state index in [1.165, 1.54) is 6.08 Å². The first-order valence-corrected chi connectivity index (χ1v) is 5.74. The Morgan fingerprint density at radius 2 is 2.00 bits per heavy atom. The van der Waals surface area contributed by atoms with Gasteiger partial charge in [0.15, 0.2) is 0 Å². The van der Waals surface area contributed by atoms with E-state index in [2.05, 4.69) is 0 Å². The van der Waals surface area contributed by atoms with Gasteiger partial charge in [-0.1, -0.05) is 6.08 Å². The number of fused-ring (bicyclic) bond motifs is 2. The maximum absolute atomic E-state index is 11.3. The minimum atomic E-state index is -1.39. The molecule has 0 amide bonds. The molecule has 18 heavy (non-hydrogen) atoms. The van der Waals surface area contributed by atoms with Crippen molar-refractivity contribution in [3.05, 3.63) is 32.4 Å². The molecule has 1 aliphatic carbocycles. The molecular weight excluding hydrogens is 242 g/mol. The van der Waals surface area contributed by atoms with Crippen LogP contribution in [0.1, 0.15) is 12.8 Å². The lowest BCUT2D eigenvalue weighted by atomic mass is 9.72. The minimum absolute atomic E-state index is 0.0710. The lowest BCUT2D eigenvalue weighted by molar-refractivity contribution is -0.619. The number of aliphatic hydroxyl groups excluding tert-OH is 1. The van der Waals surface area contributed by atoms with Crippen molar-refractivity contribution < 1.29 is 15.0 Å². The molecule has 0 aromatic rings. The van der Waals surface area contributed by atoms with Gasteiger partial charge in [-0.25, -0.2) is 0 Å². The molecule has 0 aromatic carbocycles. The van der Waals surface area contributed by atoms with Gasteiger partial charge in [-0.15, -0.1) is 0 Å². The molecule has 0 spiro atoms. The fraction of sp³-hybridized carbons (Fsp3) is 0.800. The van der Waals surface area contributed by atoms with E-state index in [1.54, 1.807) is 11.0 Å². The summed E-state index contributed by atoms with van der Waals surface area (Å²) >= 11 is 0. The first-order valence-electron chi connectivity index (χ1n) is 5.74. The zero-order chi connectivity index (χ0) is 13.4. The number of nitrogens with zero attached hydrogens (tertiary/aromatic N) is 3. The van der Waals surface area contributed by atoms with Crippen LogP contribution in [-0.4, -0.2) is 57.2 Å². The van der Waals surface area contributed by atoms with Gasteiger partial charge in [-0.2, -0.15) is 0 Å². The van der Waals surface area contributed by atoms with E-state index in [0.717, 1.165) is 0 Å². The summed E-state index contributed by atoms with van der Waals surface area (Å²) in [5.74, 6) is 0. The molecule has 2 rings (SSSR count). The fourth-order valence-electron chi connectivity index (χ4n) is 2.97. The average molecular weight is 257 g/mol. The van der Waals surface area contributed by atoms with Gasteiger partial charge in [0, 0.05) is 22.8 Å². The van der Waals surface area contributed by atoms with Crippen LogP contribution < -0.4 is 0 Å². The second-order valence-corrected chi connectivity index (χ2v) is 5.06. The average Bonchev–Trinajstić information content (AvgIpc) is 2.28. The van der Waals surface area contributed by atoms with E-state index in [1.807, 2.05) is 0 Å². The molecule has 1 fully saturated rings. The topological polar surface area (TPSA) is 110 Å². The highest BCUT2D eigenvalue weighted by molar-refractivity contribution is 5.17. The van der Waals surface area contributed by atoms with Gasteiger partial charge in [-0.3, -0.25) is 25.1 Å². The highest BCUT2D eigenvalue weighted by Crippen LogP contribution is 2.40. The third kappa shape index (κ3) is 1.87. The van der Waals surface area contributed by atoms with Crippen LogP contribution in [0.25, 0.3) is 0 Å². The Morgan fingerprint density at radius 3 is 2.56 bits per heavy atom. The molecule has 2 atom stereocenters. The van der Waals surface area contributed by atoms with Crippen LogP contribution in [-0.2, 0) is 0 Å². The molecule has 0 unspecified atom stereocenters. The summed E-state index contributed by atoms with van der Waals surface area (Å²) in [7, 11) is 0. The first kappa shape index (κ1) is 12.9. The molecule has 1 heterocycles. The summed E-state index contributed by atoms with van der Waals surface area (Å²) in [6, 6.07) is 0. The van der Waals surface area contributed by atoms with Gasteiger partial charge in [0.05, 0.1) is 26.1 Å². The lowest BCUT2D eigenvalue weighted by Crippen LogP contribution is -2.66. The largest absolute Gasteiger partial charge is 0.395 e. The Balaban J connectivity index is 2.38. The summed E-state index contributed by atoms with van der Waals surface area (Å²) < 4.78 is 0. The van der Waals surface area contributed by atoms with Crippen LogP contribution >= 0.6 is 0 Å². The predicted octanol–water partition coefficient (Wildman–Crippen LogP) is -0.325. The van der Waals surface area contributed by atoms with Crippen molar-refractivity contribution in [3.63, 3.8) is 0 Å². The molecule has 8 nitrogen and oxygen atoms in total. The van der Waals surface area contributed by atoms with Crippen LogP contribution in [0.5, 0.6) is 0 Å². The number of hydrogen-bond acceptors (Lipinski definition) is 6. The van der Waals surface area contributed by atoms with Crippen molar-refractivity contribution >= 4 is 0 Å². The van der Waals surface area contributed by atoms with E-state index in [9.17, 15) is 20.2 Å². The van der Waals surface area contributed by atoms with Crippen LogP contribution in [0, 0.1) is 20.2 Å². The van der Waals surface area contributed by atoms with Crippen molar-refractivity contribution in [2.24, 2.45) is 0 Å². The summed E-state index contributed by atoms with van der Waals surface area (Å²) in [5, 5.41) is 31.4. The van der Waals surface area contributed by atoms with Crippen molar-refractivity contribution in [3.8, 4) is 0 Å². The first-order chi connectivity index (χ1) is 8.44. The predicted molar refractivity (Wildman–Crippen MR) is 61.4 cm³/mol. The molecule has 1 saturated heterocycles. The van der Waals surface area contributed by atoms with Gasteiger partial charge < -0.3 is 5.11 Å². The van der Waals surface area contributed by atoms with Gasteiger partial charge in [0.25, 0.3) is 5.54 Å².